The number of hydrogen-bond donors (Lipinski definition) is 1. The predicted octanol–water partition coefficient (Wildman–Crippen LogP) is 1.73. The van der Waals surface area contributed by atoms with Crippen molar-refractivity contribution in [3.63, 3.8) is 0 Å². The molecule has 1 atom stereocenters. The van der Waals surface area contributed by atoms with Gasteiger partial charge in [0.2, 0.25) is 0 Å². The van der Waals surface area contributed by atoms with Crippen molar-refractivity contribution in [1.29, 1.82) is 0 Å². The Morgan fingerprint density at radius 2 is 2.17 bits per heavy atom. The molecule has 0 spiro atoms. The molecule has 1 aromatic rings. The summed E-state index contributed by atoms with van der Waals surface area (Å²) in [6.45, 7) is 1.73. The van der Waals surface area contributed by atoms with Crippen LogP contribution in [0.25, 0.3) is 0 Å². The van der Waals surface area contributed by atoms with Gasteiger partial charge >= 0.3 is 0 Å². The third-order valence-corrected chi connectivity index (χ3v) is 5.30. The van der Waals surface area contributed by atoms with Gasteiger partial charge in [0.15, 0.2) is 0 Å². The summed E-state index contributed by atoms with van der Waals surface area (Å²) in [5.41, 5.74) is 1.44. The van der Waals surface area contributed by atoms with Gasteiger partial charge in [0, 0.05) is 22.9 Å². The van der Waals surface area contributed by atoms with E-state index >= 15 is 0 Å². The van der Waals surface area contributed by atoms with E-state index in [0.717, 1.165) is 19.5 Å². The maximum Gasteiger partial charge on any atom is 0.147 e. The lowest BCUT2D eigenvalue weighted by atomic mass is 10.1. The first-order valence-corrected chi connectivity index (χ1v) is 9.11. The molecule has 0 fully saturated rings. The molecular formula is C13H19NO2S2. The Morgan fingerprint density at radius 1 is 1.39 bits per heavy atom. The SMILES string of the molecule is CS(=O)(=O)CCCNCC1Cc2ccccc2S1. The number of hydrogen-bond acceptors (Lipinski definition) is 4. The first-order chi connectivity index (χ1) is 8.54. The largest absolute Gasteiger partial charge is 0.316 e. The fourth-order valence-corrected chi connectivity index (χ4v) is 4.04. The highest BCUT2D eigenvalue weighted by atomic mass is 32.2. The lowest BCUT2D eigenvalue weighted by Gasteiger charge is -2.09. The van der Waals surface area contributed by atoms with Crippen LogP contribution in [-0.4, -0.2) is 38.8 Å². The Hall–Kier alpha value is -0.520. The van der Waals surface area contributed by atoms with Crippen molar-refractivity contribution in [2.75, 3.05) is 25.1 Å². The molecule has 0 radical (unpaired) electrons. The number of fused-ring (bicyclic) bond motifs is 1. The van der Waals surface area contributed by atoms with Gasteiger partial charge in [-0.15, -0.1) is 11.8 Å². The molecule has 3 nitrogen and oxygen atoms in total. The number of benzene rings is 1. The van der Waals surface area contributed by atoms with E-state index in [9.17, 15) is 8.42 Å². The molecule has 0 saturated heterocycles. The van der Waals surface area contributed by atoms with E-state index in [0.29, 0.717) is 11.7 Å². The van der Waals surface area contributed by atoms with Crippen LogP contribution in [0.2, 0.25) is 0 Å². The zero-order chi connectivity index (χ0) is 13.0. The molecule has 1 heterocycles. The normalized spacial score (nSPS) is 18.8. The monoisotopic (exact) mass is 285 g/mol. The Kier molecular flexibility index (Phi) is 4.70. The predicted molar refractivity (Wildman–Crippen MR) is 77.0 cm³/mol. The van der Waals surface area contributed by atoms with Crippen molar-refractivity contribution in [3.05, 3.63) is 29.8 Å². The molecule has 0 saturated carbocycles. The van der Waals surface area contributed by atoms with Crippen LogP contribution in [0.5, 0.6) is 0 Å². The van der Waals surface area contributed by atoms with Crippen LogP contribution >= 0.6 is 11.8 Å². The minimum atomic E-state index is -2.81. The molecule has 18 heavy (non-hydrogen) atoms. The summed E-state index contributed by atoms with van der Waals surface area (Å²) in [6.07, 6.45) is 3.10. The molecule has 0 aromatic heterocycles. The van der Waals surface area contributed by atoms with Crippen molar-refractivity contribution in [2.24, 2.45) is 0 Å². The van der Waals surface area contributed by atoms with Crippen molar-refractivity contribution in [2.45, 2.75) is 23.0 Å². The van der Waals surface area contributed by atoms with Gasteiger partial charge in [0.1, 0.15) is 9.84 Å². The second-order valence-corrected chi connectivity index (χ2v) is 8.34. The Labute approximate surface area is 113 Å². The van der Waals surface area contributed by atoms with Crippen LogP contribution in [-0.2, 0) is 16.3 Å². The molecule has 1 aromatic carbocycles. The zero-order valence-corrected chi connectivity index (χ0v) is 12.2. The number of nitrogens with one attached hydrogen (secondary N) is 1. The number of rotatable bonds is 6. The molecule has 5 heteroatoms. The van der Waals surface area contributed by atoms with E-state index in [1.54, 1.807) is 0 Å². The van der Waals surface area contributed by atoms with Crippen molar-refractivity contribution < 1.29 is 8.42 Å². The Balaban J connectivity index is 1.65. The van der Waals surface area contributed by atoms with Gasteiger partial charge in [-0.2, -0.15) is 0 Å². The van der Waals surface area contributed by atoms with Crippen molar-refractivity contribution in [3.8, 4) is 0 Å². The summed E-state index contributed by atoms with van der Waals surface area (Å²) in [5, 5.41) is 3.93. The third kappa shape index (κ3) is 4.30. The van der Waals surface area contributed by atoms with Crippen LogP contribution in [0.4, 0.5) is 0 Å². The van der Waals surface area contributed by atoms with Gasteiger partial charge in [-0.1, -0.05) is 18.2 Å². The Morgan fingerprint density at radius 3 is 2.89 bits per heavy atom. The van der Waals surface area contributed by atoms with E-state index in [1.807, 2.05) is 11.8 Å². The molecule has 0 aliphatic carbocycles. The summed E-state index contributed by atoms with van der Waals surface area (Å²) in [6, 6.07) is 8.52. The molecule has 0 bridgehead atoms. The Bertz CT molecular complexity index is 474. The molecule has 2 rings (SSSR count). The van der Waals surface area contributed by atoms with Crippen LogP contribution in [0, 0.1) is 0 Å². The first-order valence-electron chi connectivity index (χ1n) is 6.17. The fraction of sp³-hybridized carbons (Fsp3) is 0.538. The van der Waals surface area contributed by atoms with Crippen LogP contribution in [0.1, 0.15) is 12.0 Å². The summed E-state index contributed by atoms with van der Waals surface area (Å²) >= 11 is 1.92. The van der Waals surface area contributed by atoms with Gasteiger partial charge in [-0.05, 0) is 31.0 Å². The van der Waals surface area contributed by atoms with E-state index in [4.69, 9.17) is 0 Å². The molecule has 1 N–H and O–H groups in total. The van der Waals surface area contributed by atoms with Gasteiger partial charge in [0.05, 0.1) is 5.75 Å². The molecule has 1 aliphatic rings. The number of thioether (sulfide) groups is 1. The molecule has 100 valence electrons. The maximum absolute atomic E-state index is 11.0. The van der Waals surface area contributed by atoms with Crippen molar-refractivity contribution >= 4 is 21.6 Å². The first kappa shape index (κ1) is 13.9. The minimum absolute atomic E-state index is 0.276. The summed E-state index contributed by atoms with van der Waals surface area (Å²) < 4.78 is 21.9. The van der Waals surface area contributed by atoms with Gasteiger partial charge in [-0.25, -0.2) is 8.42 Å². The second kappa shape index (κ2) is 6.08. The summed E-state index contributed by atoms with van der Waals surface area (Å²) in [5.74, 6) is 0.276. The third-order valence-electron chi connectivity index (χ3n) is 2.95. The highest BCUT2D eigenvalue weighted by Crippen LogP contribution is 2.36. The summed E-state index contributed by atoms with van der Waals surface area (Å²) in [4.78, 5) is 1.39. The van der Waals surface area contributed by atoms with Gasteiger partial charge in [0.25, 0.3) is 0 Å². The molecule has 1 unspecified atom stereocenters. The van der Waals surface area contributed by atoms with Gasteiger partial charge < -0.3 is 5.32 Å². The molecule has 0 amide bonds. The topological polar surface area (TPSA) is 46.2 Å². The van der Waals surface area contributed by atoms with Gasteiger partial charge in [-0.3, -0.25) is 0 Å². The summed E-state index contributed by atoms with van der Waals surface area (Å²) in [7, 11) is -2.81. The molecular weight excluding hydrogens is 266 g/mol. The van der Waals surface area contributed by atoms with E-state index < -0.39 is 9.84 Å². The maximum atomic E-state index is 11.0. The van der Waals surface area contributed by atoms with Crippen LogP contribution < -0.4 is 5.32 Å². The number of sulfone groups is 1. The highest BCUT2D eigenvalue weighted by molar-refractivity contribution is 8.00. The van der Waals surface area contributed by atoms with Crippen molar-refractivity contribution in [1.82, 2.24) is 5.32 Å². The average molecular weight is 285 g/mol. The lowest BCUT2D eigenvalue weighted by Crippen LogP contribution is -2.26. The second-order valence-electron chi connectivity index (χ2n) is 4.74. The highest BCUT2D eigenvalue weighted by Gasteiger charge is 2.20. The smallest absolute Gasteiger partial charge is 0.147 e. The fourth-order valence-electron chi connectivity index (χ4n) is 2.09. The van der Waals surface area contributed by atoms with E-state index in [-0.39, 0.29) is 5.75 Å². The van der Waals surface area contributed by atoms with E-state index in [2.05, 4.69) is 29.6 Å². The van der Waals surface area contributed by atoms with E-state index in [1.165, 1.54) is 16.7 Å². The average Bonchev–Trinajstić information content (AvgIpc) is 2.69. The minimum Gasteiger partial charge on any atom is -0.316 e. The van der Waals surface area contributed by atoms with Crippen LogP contribution in [0.3, 0.4) is 0 Å². The molecule has 1 aliphatic heterocycles. The standard InChI is InChI=1S/C13H19NO2S2/c1-18(15,16)8-4-7-14-10-12-9-11-5-2-3-6-13(11)17-12/h2-3,5-6,12,14H,4,7-10H2,1H3. The quantitative estimate of drug-likeness (QED) is 0.809. The van der Waals surface area contributed by atoms with Crippen LogP contribution in [0.15, 0.2) is 29.2 Å². The zero-order valence-electron chi connectivity index (χ0n) is 10.6. The lowest BCUT2D eigenvalue weighted by molar-refractivity contribution is 0.593.